The van der Waals surface area contributed by atoms with Crippen molar-refractivity contribution in [2.75, 3.05) is 20.2 Å². The van der Waals surface area contributed by atoms with Crippen LogP contribution in [0.25, 0.3) is 0 Å². The number of likely N-dealkylation sites (N-methyl/N-ethyl adjacent to an activating group) is 1. The Morgan fingerprint density at radius 2 is 1.90 bits per heavy atom. The molecule has 3 aromatic rings. The van der Waals surface area contributed by atoms with E-state index >= 15 is 0 Å². The highest BCUT2D eigenvalue weighted by Crippen LogP contribution is 2.35. The number of aromatic nitrogens is 2. The lowest BCUT2D eigenvalue weighted by Crippen LogP contribution is -2.37. The van der Waals surface area contributed by atoms with Gasteiger partial charge in [0.05, 0.1) is 11.9 Å². The van der Waals surface area contributed by atoms with Gasteiger partial charge in [-0.05, 0) is 29.8 Å². The molecule has 6 nitrogen and oxygen atoms in total. The summed E-state index contributed by atoms with van der Waals surface area (Å²) >= 11 is 0. The Hall–Kier alpha value is -3.33. The van der Waals surface area contributed by atoms with Gasteiger partial charge in [-0.15, -0.1) is 0 Å². The number of aliphatic hydroxyl groups excluding tert-OH is 1. The molecule has 0 fully saturated rings. The van der Waals surface area contributed by atoms with Gasteiger partial charge in [0.15, 0.2) is 0 Å². The average Bonchev–Trinajstić information content (AvgIpc) is 3.25. The van der Waals surface area contributed by atoms with E-state index in [4.69, 9.17) is 4.74 Å². The molecule has 0 radical (unpaired) electrons. The fourth-order valence-corrected chi connectivity index (χ4v) is 3.03. The molecule has 0 saturated carbocycles. The van der Waals surface area contributed by atoms with Crippen LogP contribution >= 0.6 is 0 Å². The van der Waals surface area contributed by atoms with Crippen LogP contribution in [0.3, 0.4) is 0 Å². The molecule has 1 atom stereocenters. The number of nitrogens with zero attached hydrogens (tertiary/aromatic N) is 3. The van der Waals surface area contributed by atoms with Crippen molar-refractivity contribution in [3.8, 4) is 5.75 Å². The molecular formula is C22H22F3N3O3. The van der Waals surface area contributed by atoms with Crippen LogP contribution in [0.1, 0.15) is 21.5 Å². The number of alkyl halides is 3. The average molecular weight is 433 g/mol. The molecule has 3 rings (SSSR count). The number of amides is 1. The van der Waals surface area contributed by atoms with Gasteiger partial charge in [-0.2, -0.15) is 13.2 Å². The van der Waals surface area contributed by atoms with E-state index in [1.807, 2.05) is 22.9 Å². The van der Waals surface area contributed by atoms with E-state index in [2.05, 4.69) is 4.98 Å². The smallest absolute Gasteiger partial charge is 0.419 e. The number of halogens is 3. The number of hydrogen-bond acceptors (Lipinski definition) is 4. The fraction of sp³-hybridized carbons (Fsp3) is 0.273. The van der Waals surface area contributed by atoms with Gasteiger partial charge < -0.3 is 19.3 Å². The number of carbonyl (C=O) groups is 1. The number of rotatable bonds is 8. The Morgan fingerprint density at radius 3 is 2.55 bits per heavy atom. The summed E-state index contributed by atoms with van der Waals surface area (Å²) in [5.74, 6) is -0.680. The van der Waals surface area contributed by atoms with Crippen molar-refractivity contribution in [1.29, 1.82) is 0 Å². The Balaban J connectivity index is 1.53. The fourth-order valence-electron chi connectivity index (χ4n) is 3.03. The van der Waals surface area contributed by atoms with E-state index in [9.17, 15) is 23.1 Å². The molecule has 0 spiro atoms. The normalized spacial score (nSPS) is 12.4. The van der Waals surface area contributed by atoms with Crippen LogP contribution in [-0.2, 0) is 12.7 Å². The molecule has 0 aliphatic heterocycles. The van der Waals surface area contributed by atoms with Crippen molar-refractivity contribution in [1.82, 2.24) is 14.5 Å². The predicted molar refractivity (Wildman–Crippen MR) is 108 cm³/mol. The van der Waals surface area contributed by atoms with Crippen LogP contribution in [0.2, 0.25) is 0 Å². The SMILES string of the molecule is CN(CC(O)COc1ccccc1C(F)(F)F)C(=O)c1ccc(Cn2ccnc2)cc1. The molecule has 1 unspecified atom stereocenters. The number of benzene rings is 2. The first kappa shape index (κ1) is 22.4. The monoisotopic (exact) mass is 433 g/mol. The van der Waals surface area contributed by atoms with E-state index in [0.29, 0.717) is 12.1 Å². The molecule has 1 amide bonds. The Morgan fingerprint density at radius 1 is 1.19 bits per heavy atom. The van der Waals surface area contributed by atoms with E-state index in [1.165, 1.54) is 30.1 Å². The number of imidazole rings is 1. The second-order valence-corrected chi connectivity index (χ2v) is 7.08. The largest absolute Gasteiger partial charge is 0.490 e. The van der Waals surface area contributed by atoms with Crippen molar-refractivity contribution in [3.63, 3.8) is 0 Å². The van der Waals surface area contributed by atoms with E-state index in [0.717, 1.165) is 11.6 Å². The van der Waals surface area contributed by atoms with Crippen LogP contribution in [0.4, 0.5) is 13.2 Å². The maximum Gasteiger partial charge on any atom is 0.419 e. The molecule has 1 N–H and O–H groups in total. The Kier molecular flexibility index (Phi) is 6.96. The lowest BCUT2D eigenvalue weighted by Gasteiger charge is -2.22. The summed E-state index contributed by atoms with van der Waals surface area (Å²) in [5, 5.41) is 10.1. The van der Waals surface area contributed by atoms with E-state index < -0.39 is 17.8 Å². The summed E-state index contributed by atoms with van der Waals surface area (Å²) in [6.07, 6.45) is -0.495. The van der Waals surface area contributed by atoms with Crippen LogP contribution in [0, 0.1) is 0 Å². The van der Waals surface area contributed by atoms with Crippen molar-refractivity contribution >= 4 is 5.91 Å². The van der Waals surface area contributed by atoms with Crippen molar-refractivity contribution < 1.29 is 27.8 Å². The maximum absolute atomic E-state index is 13.0. The van der Waals surface area contributed by atoms with E-state index in [-0.39, 0.29) is 24.8 Å². The Bertz CT molecular complexity index is 989. The molecular weight excluding hydrogens is 411 g/mol. The number of hydrogen-bond donors (Lipinski definition) is 1. The minimum Gasteiger partial charge on any atom is -0.490 e. The molecule has 0 bridgehead atoms. The molecule has 9 heteroatoms. The lowest BCUT2D eigenvalue weighted by atomic mass is 10.1. The molecule has 31 heavy (non-hydrogen) atoms. The van der Waals surface area contributed by atoms with Gasteiger partial charge >= 0.3 is 6.18 Å². The summed E-state index contributed by atoms with van der Waals surface area (Å²) in [6, 6.07) is 11.8. The summed E-state index contributed by atoms with van der Waals surface area (Å²) in [7, 11) is 1.51. The van der Waals surface area contributed by atoms with Crippen molar-refractivity contribution in [3.05, 3.63) is 83.9 Å². The highest BCUT2D eigenvalue weighted by molar-refractivity contribution is 5.94. The molecule has 0 aliphatic rings. The molecule has 0 aliphatic carbocycles. The van der Waals surface area contributed by atoms with Gasteiger partial charge in [-0.3, -0.25) is 4.79 Å². The quantitative estimate of drug-likeness (QED) is 0.591. The molecule has 1 heterocycles. The number of ether oxygens (including phenoxy) is 1. The van der Waals surface area contributed by atoms with Crippen LogP contribution in [0.15, 0.2) is 67.3 Å². The second-order valence-electron chi connectivity index (χ2n) is 7.08. The zero-order valence-corrected chi connectivity index (χ0v) is 16.8. The summed E-state index contributed by atoms with van der Waals surface area (Å²) in [5.41, 5.74) is 0.517. The third kappa shape index (κ3) is 6.08. The number of carbonyl (C=O) groups excluding carboxylic acids is 1. The predicted octanol–water partition coefficient (Wildman–Crippen LogP) is 3.46. The molecule has 0 saturated heterocycles. The minimum absolute atomic E-state index is 0.0934. The summed E-state index contributed by atoms with van der Waals surface area (Å²) in [4.78, 5) is 17.9. The van der Waals surface area contributed by atoms with Gasteiger partial charge in [0.2, 0.25) is 0 Å². The van der Waals surface area contributed by atoms with Gasteiger partial charge in [0.25, 0.3) is 5.91 Å². The van der Waals surface area contributed by atoms with Gasteiger partial charge in [-0.1, -0.05) is 24.3 Å². The van der Waals surface area contributed by atoms with Gasteiger partial charge in [-0.25, -0.2) is 4.98 Å². The first-order chi connectivity index (χ1) is 14.7. The molecule has 1 aromatic heterocycles. The third-order valence-electron chi connectivity index (χ3n) is 4.58. The maximum atomic E-state index is 13.0. The first-order valence-electron chi connectivity index (χ1n) is 9.51. The van der Waals surface area contributed by atoms with Gasteiger partial charge in [0.1, 0.15) is 18.5 Å². The number of aliphatic hydroxyl groups is 1. The summed E-state index contributed by atoms with van der Waals surface area (Å²) in [6.45, 7) is 0.151. The topological polar surface area (TPSA) is 67.6 Å². The molecule has 164 valence electrons. The van der Waals surface area contributed by atoms with Crippen molar-refractivity contribution in [2.24, 2.45) is 0 Å². The van der Waals surface area contributed by atoms with Gasteiger partial charge in [0, 0.05) is 38.1 Å². The third-order valence-corrected chi connectivity index (χ3v) is 4.58. The first-order valence-corrected chi connectivity index (χ1v) is 9.51. The van der Waals surface area contributed by atoms with Crippen molar-refractivity contribution in [2.45, 2.75) is 18.8 Å². The zero-order chi connectivity index (χ0) is 22.4. The van der Waals surface area contributed by atoms with Crippen LogP contribution < -0.4 is 4.74 Å². The lowest BCUT2D eigenvalue weighted by molar-refractivity contribution is -0.139. The highest BCUT2D eigenvalue weighted by Gasteiger charge is 2.34. The summed E-state index contributed by atoms with van der Waals surface area (Å²) < 4.78 is 46.1. The second kappa shape index (κ2) is 9.65. The van der Waals surface area contributed by atoms with Crippen LogP contribution in [-0.4, -0.2) is 51.8 Å². The highest BCUT2D eigenvalue weighted by atomic mass is 19.4. The number of para-hydroxylation sites is 1. The molecule has 2 aromatic carbocycles. The zero-order valence-electron chi connectivity index (χ0n) is 16.8. The van der Waals surface area contributed by atoms with Crippen LogP contribution in [0.5, 0.6) is 5.75 Å². The minimum atomic E-state index is -4.56. The standard InChI is InChI=1S/C22H22F3N3O3/c1-27(13-18(29)14-31-20-5-3-2-4-19(20)22(23,24)25)21(30)17-8-6-16(7-9-17)12-28-11-10-26-15-28/h2-11,15,18,29H,12-14H2,1H3. The van der Waals surface area contributed by atoms with E-state index in [1.54, 1.807) is 24.7 Å². The Labute approximate surface area is 177 Å².